The second kappa shape index (κ2) is 6.87. The van der Waals surface area contributed by atoms with Gasteiger partial charge in [-0.2, -0.15) is 0 Å². The van der Waals surface area contributed by atoms with Gasteiger partial charge in [0.1, 0.15) is 6.54 Å². The molecule has 5 nitrogen and oxygen atoms in total. The zero-order valence-electron chi connectivity index (χ0n) is 11.6. The van der Waals surface area contributed by atoms with E-state index >= 15 is 0 Å². The third-order valence-electron chi connectivity index (χ3n) is 3.02. The molecule has 21 heavy (non-hydrogen) atoms. The van der Waals surface area contributed by atoms with Gasteiger partial charge in [-0.25, -0.2) is 0 Å². The molecule has 1 unspecified atom stereocenters. The highest BCUT2D eigenvalue weighted by Gasteiger charge is 2.29. The number of halogens is 1. The Morgan fingerprint density at radius 1 is 1.43 bits per heavy atom. The van der Waals surface area contributed by atoms with Crippen LogP contribution in [0.5, 0.6) is 0 Å². The first-order valence-electron chi connectivity index (χ1n) is 6.19. The Hall–Kier alpha value is -1.66. The molecular formula is C14H15ClN2O3S. The first-order chi connectivity index (χ1) is 10.0. The van der Waals surface area contributed by atoms with Gasteiger partial charge in [-0.3, -0.25) is 14.5 Å². The third kappa shape index (κ3) is 3.71. The lowest BCUT2D eigenvalue weighted by Crippen LogP contribution is -2.51. The number of hydrogen-bond acceptors (Lipinski definition) is 5. The second-order valence-corrected chi connectivity index (χ2v) is 5.69. The summed E-state index contributed by atoms with van der Waals surface area (Å²) >= 11 is 7.29. The molecular weight excluding hydrogens is 312 g/mol. The predicted octanol–water partition coefficient (Wildman–Crippen LogP) is 1.93. The van der Waals surface area contributed by atoms with Crippen molar-refractivity contribution in [1.82, 2.24) is 10.2 Å². The second-order valence-electron chi connectivity index (χ2n) is 4.34. The van der Waals surface area contributed by atoms with E-state index in [1.807, 2.05) is 18.4 Å². The lowest BCUT2D eigenvalue weighted by molar-refractivity contribution is -0.146. The first kappa shape index (κ1) is 15.7. The number of carbonyl (C=O) groups is 2. The quantitative estimate of drug-likeness (QED) is 0.857. The van der Waals surface area contributed by atoms with Crippen LogP contribution in [0, 0.1) is 0 Å². The monoisotopic (exact) mass is 326 g/mol. The van der Waals surface area contributed by atoms with E-state index in [9.17, 15) is 9.59 Å². The van der Waals surface area contributed by atoms with Crippen LogP contribution in [0.25, 0.3) is 5.70 Å². The van der Waals surface area contributed by atoms with Gasteiger partial charge in [0.25, 0.3) is 5.91 Å². The van der Waals surface area contributed by atoms with Crippen LogP contribution in [-0.4, -0.2) is 42.2 Å². The zero-order valence-corrected chi connectivity index (χ0v) is 13.2. The average Bonchev–Trinajstić information content (AvgIpc) is 2.49. The molecule has 1 amide bonds. The number of hydrogen-bond donors (Lipinski definition) is 1. The molecule has 1 aliphatic rings. The van der Waals surface area contributed by atoms with E-state index in [0.717, 1.165) is 5.56 Å². The number of nitrogens with zero attached hydrogens (tertiary/aromatic N) is 1. The van der Waals surface area contributed by atoms with Gasteiger partial charge in [0, 0.05) is 16.8 Å². The number of amides is 1. The lowest BCUT2D eigenvalue weighted by Gasteiger charge is -2.34. The summed E-state index contributed by atoms with van der Waals surface area (Å²) in [7, 11) is 1.30. The van der Waals surface area contributed by atoms with E-state index in [1.54, 1.807) is 12.1 Å². The summed E-state index contributed by atoms with van der Waals surface area (Å²) in [6.07, 6.45) is 3.33. The highest BCUT2D eigenvalue weighted by Crippen LogP contribution is 2.23. The molecule has 0 spiro atoms. The molecule has 1 heterocycles. The number of methoxy groups -OCH3 is 1. The fraction of sp³-hybridized carbons (Fsp3) is 0.286. The fourth-order valence-electron chi connectivity index (χ4n) is 1.92. The molecule has 7 heteroatoms. The fourth-order valence-corrected chi connectivity index (χ4v) is 2.73. The SMILES string of the molecule is COC(=O)CN1C(=O)C=C(c2ccc(Cl)cc2)NC1SC. The minimum atomic E-state index is -0.451. The summed E-state index contributed by atoms with van der Waals surface area (Å²) in [5, 5.41) is 3.86. The van der Waals surface area contributed by atoms with Crippen LogP contribution in [-0.2, 0) is 14.3 Å². The van der Waals surface area contributed by atoms with Crippen LogP contribution in [0.15, 0.2) is 30.3 Å². The van der Waals surface area contributed by atoms with Gasteiger partial charge in [-0.15, -0.1) is 11.8 Å². The zero-order chi connectivity index (χ0) is 15.4. The minimum absolute atomic E-state index is 0.0851. The number of nitrogens with one attached hydrogen (secondary N) is 1. The maximum absolute atomic E-state index is 12.2. The molecule has 1 aromatic rings. The Balaban J connectivity index is 2.24. The molecule has 0 aliphatic carbocycles. The third-order valence-corrected chi connectivity index (χ3v) is 4.09. The van der Waals surface area contributed by atoms with Crippen molar-refractivity contribution in [3.05, 3.63) is 40.9 Å². The van der Waals surface area contributed by atoms with Gasteiger partial charge < -0.3 is 10.1 Å². The number of esters is 1. The van der Waals surface area contributed by atoms with Gasteiger partial charge in [0.15, 0.2) is 5.50 Å². The van der Waals surface area contributed by atoms with Crippen LogP contribution in [0.4, 0.5) is 0 Å². The number of ether oxygens (including phenoxy) is 1. The molecule has 0 saturated carbocycles. The van der Waals surface area contributed by atoms with Crippen molar-refractivity contribution >= 4 is 40.9 Å². The van der Waals surface area contributed by atoms with Crippen LogP contribution in [0.2, 0.25) is 5.02 Å². The van der Waals surface area contributed by atoms with Crippen molar-refractivity contribution in [3.8, 4) is 0 Å². The minimum Gasteiger partial charge on any atom is -0.468 e. The number of thioether (sulfide) groups is 1. The predicted molar refractivity (Wildman–Crippen MR) is 83.6 cm³/mol. The molecule has 2 rings (SSSR count). The van der Waals surface area contributed by atoms with Gasteiger partial charge in [-0.1, -0.05) is 23.7 Å². The van der Waals surface area contributed by atoms with Gasteiger partial charge in [0.2, 0.25) is 0 Å². The van der Waals surface area contributed by atoms with E-state index in [2.05, 4.69) is 10.1 Å². The molecule has 1 atom stereocenters. The molecule has 1 aromatic carbocycles. The molecule has 112 valence electrons. The standard InChI is InChI=1S/C14H15ClN2O3S/c1-20-13(19)8-17-12(18)7-11(16-14(17)21-2)9-3-5-10(15)6-4-9/h3-7,14,16H,8H2,1-2H3. The van der Waals surface area contributed by atoms with Crippen molar-refractivity contribution in [2.24, 2.45) is 0 Å². The number of carbonyl (C=O) groups excluding carboxylic acids is 2. The largest absolute Gasteiger partial charge is 0.468 e. The number of rotatable bonds is 4. The Kier molecular flexibility index (Phi) is 5.14. The van der Waals surface area contributed by atoms with E-state index in [0.29, 0.717) is 10.7 Å². The maximum Gasteiger partial charge on any atom is 0.325 e. The summed E-state index contributed by atoms with van der Waals surface area (Å²) < 4.78 is 4.61. The van der Waals surface area contributed by atoms with Gasteiger partial charge >= 0.3 is 5.97 Å². The molecule has 1 aliphatic heterocycles. The van der Waals surface area contributed by atoms with Gasteiger partial charge in [-0.05, 0) is 24.0 Å². The van der Waals surface area contributed by atoms with Crippen LogP contribution in [0.1, 0.15) is 5.56 Å². The van der Waals surface area contributed by atoms with Crippen molar-refractivity contribution < 1.29 is 14.3 Å². The Labute approximate surface area is 132 Å². The van der Waals surface area contributed by atoms with Crippen LogP contribution in [0.3, 0.4) is 0 Å². The van der Waals surface area contributed by atoms with Crippen LogP contribution >= 0.6 is 23.4 Å². The summed E-state index contributed by atoms with van der Waals surface area (Å²) in [6, 6.07) is 7.20. The summed E-state index contributed by atoms with van der Waals surface area (Å²) in [4.78, 5) is 25.0. The van der Waals surface area contributed by atoms with Crippen molar-refractivity contribution in [2.45, 2.75) is 5.50 Å². The Morgan fingerprint density at radius 3 is 2.67 bits per heavy atom. The van der Waals surface area contributed by atoms with E-state index in [1.165, 1.54) is 29.8 Å². The van der Waals surface area contributed by atoms with Gasteiger partial charge in [0.05, 0.1) is 7.11 Å². The molecule has 0 fully saturated rings. The van der Waals surface area contributed by atoms with E-state index in [-0.39, 0.29) is 17.9 Å². The maximum atomic E-state index is 12.2. The van der Waals surface area contributed by atoms with Crippen molar-refractivity contribution in [1.29, 1.82) is 0 Å². The van der Waals surface area contributed by atoms with Crippen molar-refractivity contribution in [2.75, 3.05) is 19.9 Å². The highest BCUT2D eigenvalue weighted by atomic mass is 35.5. The number of benzene rings is 1. The van der Waals surface area contributed by atoms with E-state index in [4.69, 9.17) is 11.6 Å². The van der Waals surface area contributed by atoms with Crippen molar-refractivity contribution in [3.63, 3.8) is 0 Å². The summed E-state index contributed by atoms with van der Waals surface area (Å²) in [6.45, 7) is -0.0851. The Bertz CT molecular complexity index is 574. The molecule has 1 N–H and O–H groups in total. The normalized spacial score (nSPS) is 18.0. The van der Waals surface area contributed by atoms with E-state index < -0.39 is 5.97 Å². The average molecular weight is 327 g/mol. The molecule has 0 aromatic heterocycles. The summed E-state index contributed by atoms with van der Waals surface area (Å²) in [5.41, 5.74) is 1.24. The highest BCUT2D eigenvalue weighted by molar-refractivity contribution is 7.99. The topological polar surface area (TPSA) is 58.6 Å². The molecule has 0 bridgehead atoms. The smallest absolute Gasteiger partial charge is 0.325 e. The van der Waals surface area contributed by atoms with Crippen LogP contribution < -0.4 is 5.32 Å². The molecule has 0 saturated heterocycles. The summed E-state index contributed by atoms with van der Waals surface area (Å²) in [5.74, 6) is -0.684. The lowest BCUT2D eigenvalue weighted by atomic mass is 10.1. The first-order valence-corrected chi connectivity index (χ1v) is 7.86. The molecule has 0 radical (unpaired) electrons. The Morgan fingerprint density at radius 2 is 2.10 bits per heavy atom.